The van der Waals surface area contributed by atoms with Crippen LogP contribution in [0.1, 0.15) is 30.3 Å². The van der Waals surface area contributed by atoms with Crippen LogP contribution in [0.5, 0.6) is 0 Å². The molecule has 0 spiro atoms. The second kappa shape index (κ2) is 6.13. The summed E-state index contributed by atoms with van der Waals surface area (Å²) in [5.41, 5.74) is 1.07. The number of carbonyl (C=O) groups excluding carboxylic acids is 2. The minimum atomic E-state index is -0.0914. The van der Waals surface area contributed by atoms with Crippen molar-refractivity contribution >= 4 is 17.5 Å². The monoisotopic (exact) mass is 301 g/mol. The van der Waals surface area contributed by atoms with Gasteiger partial charge in [0.25, 0.3) is 5.91 Å². The van der Waals surface area contributed by atoms with Crippen LogP contribution in [-0.4, -0.2) is 62.2 Å². The van der Waals surface area contributed by atoms with Gasteiger partial charge in [-0.3, -0.25) is 14.6 Å². The van der Waals surface area contributed by atoms with Crippen molar-refractivity contribution in [1.82, 2.24) is 24.2 Å². The fourth-order valence-corrected chi connectivity index (χ4v) is 2.64. The Kier molecular flexibility index (Phi) is 4.04. The van der Waals surface area contributed by atoms with Crippen LogP contribution >= 0.6 is 0 Å². The highest BCUT2D eigenvalue weighted by Crippen LogP contribution is 2.10. The van der Waals surface area contributed by atoms with Crippen molar-refractivity contribution in [1.29, 1.82) is 0 Å². The number of nitrogens with zero attached hydrogens (tertiary/aromatic N) is 5. The average molecular weight is 301 g/mol. The molecule has 0 aromatic carbocycles. The molecule has 2 aromatic heterocycles. The van der Waals surface area contributed by atoms with Crippen molar-refractivity contribution in [2.24, 2.45) is 0 Å². The Morgan fingerprint density at radius 3 is 2.59 bits per heavy atom. The maximum atomic E-state index is 12.5. The molecule has 0 saturated carbocycles. The zero-order chi connectivity index (χ0) is 15.5. The normalized spacial score (nSPS) is 15.3. The first kappa shape index (κ1) is 14.5. The van der Waals surface area contributed by atoms with Crippen LogP contribution in [0.2, 0.25) is 0 Å². The summed E-state index contributed by atoms with van der Waals surface area (Å²) in [6.07, 6.45) is 8.19. The van der Waals surface area contributed by atoms with E-state index in [1.807, 2.05) is 11.8 Å². The molecule has 1 saturated heterocycles. The van der Waals surface area contributed by atoms with Gasteiger partial charge < -0.3 is 14.2 Å². The van der Waals surface area contributed by atoms with E-state index in [0.717, 1.165) is 6.42 Å². The van der Waals surface area contributed by atoms with E-state index in [9.17, 15) is 9.59 Å². The lowest BCUT2D eigenvalue weighted by atomic mass is 10.2. The minimum Gasteiger partial charge on any atom is -0.339 e. The predicted octanol–water partition coefficient (Wildman–Crippen LogP) is 0.814. The Bertz CT molecular complexity index is 655. The molecule has 22 heavy (non-hydrogen) atoms. The highest BCUT2D eigenvalue weighted by molar-refractivity contribution is 5.93. The fourth-order valence-electron chi connectivity index (χ4n) is 2.64. The number of piperazine rings is 1. The van der Waals surface area contributed by atoms with Gasteiger partial charge in [-0.1, -0.05) is 6.92 Å². The zero-order valence-corrected chi connectivity index (χ0v) is 12.6. The van der Waals surface area contributed by atoms with Crippen LogP contribution in [0, 0.1) is 0 Å². The maximum absolute atomic E-state index is 12.5. The van der Waals surface area contributed by atoms with Gasteiger partial charge in [-0.15, -0.1) is 0 Å². The zero-order valence-electron chi connectivity index (χ0n) is 12.6. The Morgan fingerprint density at radius 2 is 1.91 bits per heavy atom. The first-order valence-corrected chi connectivity index (χ1v) is 7.55. The topological polar surface area (TPSA) is 70.8 Å². The third kappa shape index (κ3) is 2.79. The Labute approximate surface area is 128 Å². The predicted molar refractivity (Wildman–Crippen MR) is 80.4 cm³/mol. The fraction of sp³-hybridized carbons (Fsp3) is 0.467. The number of rotatable bonds is 3. The molecule has 3 rings (SSSR count). The maximum Gasteiger partial charge on any atom is 0.274 e. The highest BCUT2D eigenvalue weighted by atomic mass is 16.2. The molecule has 3 heterocycles. The van der Waals surface area contributed by atoms with E-state index in [2.05, 4.69) is 9.97 Å². The molecule has 2 amide bonds. The number of aromatic nitrogens is 3. The van der Waals surface area contributed by atoms with Crippen LogP contribution in [0.25, 0.3) is 5.65 Å². The molecule has 7 nitrogen and oxygen atoms in total. The van der Waals surface area contributed by atoms with Gasteiger partial charge in [-0.2, -0.15) is 0 Å². The van der Waals surface area contributed by atoms with Gasteiger partial charge >= 0.3 is 0 Å². The van der Waals surface area contributed by atoms with Gasteiger partial charge in [0, 0.05) is 51.2 Å². The Hall–Kier alpha value is -2.44. The molecular weight excluding hydrogens is 282 g/mol. The van der Waals surface area contributed by atoms with Crippen molar-refractivity contribution in [2.45, 2.75) is 19.8 Å². The molecule has 0 radical (unpaired) electrons. The third-order valence-corrected chi connectivity index (χ3v) is 3.87. The molecule has 2 aromatic rings. The summed E-state index contributed by atoms with van der Waals surface area (Å²) in [6.45, 7) is 4.30. The van der Waals surface area contributed by atoms with Gasteiger partial charge in [0.2, 0.25) is 5.91 Å². The third-order valence-electron chi connectivity index (χ3n) is 3.87. The smallest absolute Gasteiger partial charge is 0.274 e. The Balaban J connectivity index is 1.65. The lowest BCUT2D eigenvalue weighted by molar-refractivity contribution is -0.132. The lowest BCUT2D eigenvalue weighted by Crippen LogP contribution is -2.50. The quantitative estimate of drug-likeness (QED) is 0.841. The van der Waals surface area contributed by atoms with Crippen molar-refractivity contribution in [3.8, 4) is 0 Å². The molecule has 7 heteroatoms. The molecule has 1 fully saturated rings. The molecule has 0 aliphatic carbocycles. The summed E-state index contributed by atoms with van der Waals surface area (Å²) < 4.78 is 1.78. The lowest BCUT2D eigenvalue weighted by Gasteiger charge is -2.34. The summed E-state index contributed by atoms with van der Waals surface area (Å²) in [7, 11) is 0. The highest BCUT2D eigenvalue weighted by Gasteiger charge is 2.25. The number of imidazole rings is 1. The van der Waals surface area contributed by atoms with E-state index in [1.165, 1.54) is 0 Å². The van der Waals surface area contributed by atoms with Crippen LogP contribution in [0.3, 0.4) is 0 Å². The van der Waals surface area contributed by atoms with Gasteiger partial charge in [0.1, 0.15) is 5.69 Å². The second-order valence-corrected chi connectivity index (χ2v) is 5.39. The number of hydrogen-bond acceptors (Lipinski definition) is 4. The van der Waals surface area contributed by atoms with Gasteiger partial charge in [0.15, 0.2) is 5.65 Å². The van der Waals surface area contributed by atoms with Crippen molar-refractivity contribution in [3.63, 3.8) is 0 Å². The van der Waals surface area contributed by atoms with Crippen molar-refractivity contribution in [2.75, 3.05) is 26.2 Å². The molecule has 0 N–H and O–H groups in total. The van der Waals surface area contributed by atoms with Crippen molar-refractivity contribution < 1.29 is 9.59 Å². The van der Waals surface area contributed by atoms with E-state index >= 15 is 0 Å². The first-order chi connectivity index (χ1) is 10.7. The van der Waals surface area contributed by atoms with Crippen LogP contribution < -0.4 is 0 Å². The SMILES string of the molecule is CCCC(=O)N1CCN(C(=O)c2cn3ccncc3n2)CC1. The standard InChI is InChI=1S/C15H19N5O2/c1-2-3-14(21)18-6-8-19(9-7-18)15(22)12-11-20-5-4-16-10-13(20)17-12/h4-5,10-11H,2-3,6-9H2,1H3. The summed E-state index contributed by atoms with van der Waals surface area (Å²) in [5, 5.41) is 0. The minimum absolute atomic E-state index is 0.0914. The number of hydrogen-bond donors (Lipinski definition) is 0. The number of carbonyl (C=O) groups is 2. The summed E-state index contributed by atoms with van der Waals surface area (Å²) in [6, 6.07) is 0. The molecule has 116 valence electrons. The first-order valence-electron chi connectivity index (χ1n) is 7.55. The van der Waals surface area contributed by atoms with E-state index < -0.39 is 0 Å². The second-order valence-electron chi connectivity index (χ2n) is 5.39. The average Bonchev–Trinajstić information content (AvgIpc) is 2.98. The van der Waals surface area contributed by atoms with Crippen LogP contribution in [0.15, 0.2) is 24.8 Å². The molecule has 0 unspecified atom stereocenters. The summed E-state index contributed by atoms with van der Waals surface area (Å²) in [5.74, 6) is 0.0831. The van der Waals surface area contributed by atoms with Crippen LogP contribution in [-0.2, 0) is 4.79 Å². The van der Waals surface area contributed by atoms with E-state index in [0.29, 0.717) is 43.9 Å². The number of fused-ring (bicyclic) bond motifs is 1. The van der Waals surface area contributed by atoms with E-state index in [1.54, 1.807) is 34.1 Å². The van der Waals surface area contributed by atoms with Gasteiger partial charge in [-0.25, -0.2) is 4.98 Å². The molecule has 1 aliphatic rings. The van der Waals surface area contributed by atoms with Gasteiger partial charge in [0.05, 0.1) is 6.20 Å². The van der Waals surface area contributed by atoms with Gasteiger partial charge in [-0.05, 0) is 6.42 Å². The van der Waals surface area contributed by atoms with Crippen LogP contribution in [0.4, 0.5) is 0 Å². The Morgan fingerprint density at radius 1 is 1.18 bits per heavy atom. The van der Waals surface area contributed by atoms with Crippen molar-refractivity contribution in [3.05, 3.63) is 30.5 Å². The van der Waals surface area contributed by atoms with E-state index in [4.69, 9.17) is 0 Å². The molecular formula is C15H19N5O2. The summed E-state index contributed by atoms with van der Waals surface area (Å²) >= 11 is 0. The molecule has 0 bridgehead atoms. The molecule has 0 atom stereocenters. The largest absolute Gasteiger partial charge is 0.339 e. The number of amides is 2. The van der Waals surface area contributed by atoms with E-state index in [-0.39, 0.29) is 11.8 Å². The molecule has 1 aliphatic heterocycles. The summed E-state index contributed by atoms with van der Waals surface area (Å²) in [4.78, 5) is 36.2.